The average molecular weight is 283 g/mol. The first-order valence-electron chi connectivity index (χ1n) is 8.67. The van der Waals surface area contributed by atoms with Gasteiger partial charge in [0, 0.05) is 0 Å². The Morgan fingerprint density at radius 1 is 0.900 bits per heavy atom. The molecule has 1 rings (SSSR count). The molecule has 1 aliphatic rings. The van der Waals surface area contributed by atoms with Crippen LogP contribution in [0.3, 0.4) is 0 Å². The molecule has 0 aliphatic heterocycles. The average Bonchev–Trinajstić information content (AvgIpc) is 2.42. The van der Waals surface area contributed by atoms with Gasteiger partial charge in [0.05, 0.1) is 6.61 Å². The molecule has 0 heterocycles. The van der Waals surface area contributed by atoms with E-state index in [9.17, 15) is 4.79 Å². The van der Waals surface area contributed by atoms with Crippen molar-refractivity contribution in [1.82, 2.24) is 5.32 Å². The van der Waals surface area contributed by atoms with E-state index in [0.29, 0.717) is 6.61 Å². The number of nitrogens with one attached hydrogen (secondary N) is 1. The summed E-state index contributed by atoms with van der Waals surface area (Å²) >= 11 is 0. The molecule has 0 aromatic rings. The zero-order valence-electron chi connectivity index (χ0n) is 13.5. The number of hydrogen-bond donors (Lipinski definition) is 1. The molecule has 0 aromatic carbocycles. The number of likely N-dealkylation sites (N-methyl/N-ethyl adjacent to an activating group) is 1. The Balaban J connectivity index is 2.69. The standard InChI is InChI=1S/C17H33NO2/c1-3-18-17(16(19)20-4-2)14-12-10-8-6-5-7-9-11-13-15-17/h18H,3-15H2,1-2H3. The van der Waals surface area contributed by atoms with Crippen molar-refractivity contribution in [1.29, 1.82) is 0 Å². The third-order valence-corrected chi connectivity index (χ3v) is 4.39. The van der Waals surface area contributed by atoms with Gasteiger partial charge in [-0.1, -0.05) is 64.7 Å². The van der Waals surface area contributed by atoms with Gasteiger partial charge in [0.15, 0.2) is 0 Å². The van der Waals surface area contributed by atoms with E-state index in [1.807, 2.05) is 6.92 Å². The Kier molecular flexibility index (Phi) is 8.92. The highest BCUT2D eigenvalue weighted by Crippen LogP contribution is 2.26. The first kappa shape index (κ1) is 17.5. The molecule has 0 atom stereocenters. The van der Waals surface area contributed by atoms with Gasteiger partial charge in [0.25, 0.3) is 0 Å². The van der Waals surface area contributed by atoms with E-state index >= 15 is 0 Å². The van der Waals surface area contributed by atoms with Crippen molar-refractivity contribution in [3.63, 3.8) is 0 Å². The number of carbonyl (C=O) groups is 1. The Morgan fingerprint density at radius 2 is 1.35 bits per heavy atom. The van der Waals surface area contributed by atoms with Crippen LogP contribution in [0.2, 0.25) is 0 Å². The van der Waals surface area contributed by atoms with Gasteiger partial charge in [-0.2, -0.15) is 0 Å². The molecule has 118 valence electrons. The van der Waals surface area contributed by atoms with Crippen molar-refractivity contribution in [2.24, 2.45) is 0 Å². The van der Waals surface area contributed by atoms with Crippen LogP contribution in [-0.4, -0.2) is 24.7 Å². The Bertz CT molecular complexity index is 254. The lowest BCUT2D eigenvalue weighted by Crippen LogP contribution is -2.53. The van der Waals surface area contributed by atoms with Crippen molar-refractivity contribution in [2.45, 2.75) is 90.0 Å². The maximum Gasteiger partial charge on any atom is 0.326 e. The minimum Gasteiger partial charge on any atom is -0.465 e. The van der Waals surface area contributed by atoms with E-state index < -0.39 is 5.54 Å². The van der Waals surface area contributed by atoms with Crippen LogP contribution in [0.5, 0.6) is 0 Å². The first-order valence-corrected chi connectivity index (χ1v) is 8.67. The van der Waals surface area contributed by atoms with Crippen LogP contribution in [0.15, 0.2) is 0 Å². The van der Waals surface area contributed by atoms with Crippen molar-refractivity contribution in [2.75, 3.05) is 13.2 Å². The van der Waals surface area contributed by atoms with Crippen molar-refractivity contribution in [3.05, 3.63) is 0 Å². The molecule has 0 unspecified atom stereocenters. The summed E-state index contributed by atoms with van der Waals surface area (Å²) in [7, 11) is 0. The van der Waals surface area contributed by atoms with Gasteiger partial charge >= 0.3 is 5.97 Å². The van der Waals surface area contributed by atoms with E-state index in [0.717, 1.165) is 32.2 Å². The summed E-state index contributed by atoms with van der Waals surface area (Å²) in [6.07, 6.45) is 13.3. The largest absolute Gasteiger partial charge is 0.465 e. The molecule has 0 bridgehead atoms. The molecule has 0 saturated heterocycles. The summed E-state index contributed by atoms with van der Waals surface area (Å²) in [6, 6.07) is 0. The van der Waals surface area contributed by atoms with Gasteiger partial charge < -0.3 is 10.1 Å². The molecule has 1 fully saturated rings. The van der Waals surface area contributed by atoms with Gasteiger partial charge in [-0.15, -0.1) is 0 Å². The quantitative estimate of drug-likeness (QED) is 0.786. The third-order valence-electron chi connectivity index (χ3n) is 4.39. The second-order valence-corrected chi connectivity index (χ2v) is 6.01. The van der Waals surface area contributed by atoms with Crippen LogP contribution in [0.25, 0.3) is 0 Å². The van der Waals surface area contributed by atoms with Crippen molar-refractivity contribution in [3.8, 4) is 0 Å². The summed E-state index contributed by atoms with van der Waals surface area (Å²) in [5, 5.41) is 3.46. The topological polar surface area (TPSA) is 38.3 Å². The minimum absolute atomic E-state index is 0.0288. The second kappa shape index (κ2) is 10.2. The Labute approximate surface area is 124 Å². The normalized spacial score (nSPS) is 21.5. The minimum atomic E-state index is -0.427. The van der Waals surface area contributed by atoms with Gasteiger partial charge in [-0.25, -0.2) is 0 Å². The molecule has 0 radical (unpaired) electrons. The monoisotopic (exact) mass is 283 g/mol. The highest BCUT2D eigenvalue weighted by molar-refractivity contribution is 5.80. The summed E-state index contributed by atoms with van der Waals surface area (Å²) in [5.41, 5.74) is -0.427. The van der Waals surface area contributed by atoms with E-state index in [1.54, 1.807) is 0 Å². The zero-order chi connectivity index (χ0) is 14.7. The molecule has 1 aliphatic carbocycles. The lowest BCUT2D eigenvalue weighted by Gasteiger charge is -2.33. The fraction of sp³-hybridized carbons (Fsp3) is 0.941. The third kappa shape index (κ3) is 5.82. The van der Waals surface area contributed by atoms with E-state index in [4.69, 9.17) is 4.74 Å². The molecule has 1 N–H and O–H groups in total. The molecule has 3 nitrogen and oxygen atoms in total. The molecule has 20 heavy (non-hydrogen) atoms. The molecule has 0 spiro atoms. The Hall–Kier alpha value is -0.570. The van der Waals surface area contributed by atoms with Crippen LogP contribution in [-0.2, 0) is 9.53 Å². The van der Waals surface area contributed by atoms with E-state index in [2.05, 4.69) is 12.2 Å². The predicted molar refractivity (Wildman–Crippen MR) is 83.8 cm³/mol. The van der Waals surface area contributed by atoms with Gasteiger partial charge in [-0.3, -0.25) is 4.79 Å². The first-order chi connectivity index (χ1) is 9.75. The number of ether oxygens (including phenoxy) is 1. The predicted octanol–water partition coefficient (Wildman–Crippen LogP) is 4.20. The summed E-state index contributed by atoms with van der Waals surface area (Å²) in [6.45, 7) is 5.29. The van der Waals surface area contributed by atoms with Crippen molar-refractivity contribution < 1.29 is 9.53 Å². The molecule has 0 amide bonds. The highest BCUT2D eigenvalue weighted by Gasteiger charge is 2.37. The fourth-order valence-corrected chi connectivity index (χ4v) is 3.28. The maximum absolute atomic E-state index is 12.4. The lowest BCUT2D eigenvalue weighted by molar-refractivity contribution is -0.152. The smallest absolute Gasteiger partial charge is 0.326 e. The summed E-state index contributed by atoms with van der Waals surface area (Å²) in [5.74, 6) is -0.0288. The lowest BCUT2D eigenvalue weighted by atomic mass is 9.85. The van der Waals surface area contributed by atoms with E-state index in [-0.39, 0.29) is 5.97 Å². The van der Waals surface area contributed by atoms with Crippen molar-refractivity contribution >= 4 is 5.97 Å². The number of rotatable bonds is 4. The maximum atomic E-state index is 12.4. The van der Waals surface area contributed by atoms with Crippen LogP contribution >= 0.6 is 0 Å². The van der Waals surface area contributed by atoms with Gasteiger partial charge in [-0.05, 0) is 26.3 Å². The fourth-order valence-electron chi connectivity index (χ4n) is 3.28. The van der Waals surface area contributed by atoms with E-state index in [1.165, 1.54) is 44.9 Å². The number of hydrogen-bond acceptors (Lipinski definition) is 3. The van der Waals surface area contributed by atoms with Gasteiger partial charge in [0.1, 0.15) is 5.54 Å². The Morgan fingerprint density at radius 3 is 1.75 bits per heavy atom. The van der Waals surface area contributed by atoms with Crippen LogP contribution < -0.4 is 5.32 Å². The summed E-state index contributed by atoms with van der Waals surface area (Å²) in [4.78, 5) is 12.4. The molecule has 0 aromatic heterocycles. The van der Waals surface area contributed by atoms with Crippen LogP contribution in [0.1, 0.15) is 84.5 Å². The summed E-state index contributed by atoms with van der Waals surface area (Å²) < 4.78 is 5.36. The molecule has 3 heteroatoms. The molecular weight excluding hydrogens is 250 g/mol. The molecule has 1 saturated carbocycles. The number of esters is 1. The number of carbonyl (C=O) groups excluding carboxylic acids is 1. The van der Waals surface area contributed by atoms with Crippen LogP contribution in [0, 0.1) is 0 Å². The highest BCUT2D eigenvalue weighted by atomic mass is 16.5. The molecular formula is C17H33NO2. The SMILES string of the molecule is CCNC1(C(=O)OCC)CCCCCCCCCCC1. The van der Waals surface area contributed by atoms with Crippen LogP contribution in [0.4, 0.5) is 0 Å². The van der Waals surface area contributed by atoms with Gasteiger partial charge in [0.2, 0.25) is 0 Å². The zero-order valence-corrected chi connectivity index (χ0v) is 13.5. The second-order valence-electron chi connectivity index (χ2n) is 6.01.